The van der Waals surface area contributed by atoms with E-state index < -0.39 is 15.8 Å². The Bertz CT molecular complexity index is 1190. The molecule has 0 saturated heterocycles. The topological polar surface area (TPSA) is 122 Å². The first-order valence-electron chi connectivity index (χ1n) is 7.53. The molecule has 0 fully saturated rings. The van der Waals surface area contributed by atoms with Gasteiger partial charge in [-0.15, -0.1) is 0 Å². The van der Waals surface area contributed by atoms with Crippen LogP contribution in [0.1, 0.15) is 0 Å². The van der Waals surface area contributed by atoms with Gasteiger partial charge in [0.05, 0.1) is 21.8 Å². The number of carbonyl (C=O) groups is 1. The molecular weight excluding hydrogens is 362 g/mol. The van der Waals surface area contributed by atoms with Crippen molar-refractivity contribution in [3.05, 3.63) is 46.9 Å². The largest absolute Gasteiger partial charge is 0.479 e. The van der Waals surface area contributed by atoms with Crippen molar-refractivity contribution in [3.63, 3.8) is 0 Å². The van der Waals surface area contributed by atoms with Crippen molar-refractivity contribution in [2.75, 3.05) is 23.3 Å². The molecule has 134 valence electrons. The molecule has 1 aromatic heterocycles. The van der Waals surface area contributed by atoms with Crippen LogP contribution in [0.3, 0.4) is 0 Å². The minimum Gasteiger partial charge on any atom is -0.479 e. The zero-order chi connectivity index (χ0) is 18.5. The lowest BCUT2D eigenvalue weighted by atomic mass is 10.2. The van der Waals surface area contributed by atoms with E-state index in [1.54, 1.807) is 19.2 Å². The molecule has 1 aliphatic rings. The average molecular weight is 375 g/mol. The van der Waals surface area contributed by atoms with Gasteiger partial charge in [-0.2, -0.15) is 0 Å². The molecule has 26 heavy (non-hydrogen) atoms. The third kappa shape index (κ3) is 2.60. The Morgan fingerprint density at radius 3 is 2.81 bits per heavy atom. The number of amides is 1. The summed E-state index contributed by atoms with van der Waals surface area (Å²) in [5, 5.41) is 0. The van der Waals surface area contributed by atoms with Gasteiger partial charge in [0, 0.05) is 13.1 Å². The molecule has 10 heteroatoms. The summed E-state index contributed by atoms with van der Waals surface area (Å²) in [5.41, 5.74) is 1.20. The molecule has 0 radical (unpaired) electrons. The number of H-pyrrole nitrogens is 1. The first-order valence-corrected chi connectivity index (χ1v) is 9.01. The highest BCUT2D eigenvalue weighted by Crippen LogP contribution is 2.38. The van der Waals surface area contributed by atoms with Crippen LogP contribution in [0.25, 0.3) is 11.1 Å². The van der Waals surface area contributed by atoms with Crippen molar-refractivity contribution in [3.8, 4) is 5.75 Å². The molecular formula is C16H13N3O6S. The molecule has 2 heterocycles. The van der Waals surface area contributed by atoms with Crippen LogP contribution in [0.2, 0.25) is 0 Å². The van der Waals surface area contributed by atoms with Crippen LogP contribution in [0, 0.1) is 0 Å². The van der Waals surface area contributed by atoms with Crippen molar-refractivity contribution in [1.82, 2.24) is 4.98 Å². The van der Waals surface area contributed by atoms with Gasteiger partial charge < -0.3 is 14.1 Å². The number of rotatable bonds is 3. The molecule has 2 N–H and O–H groups in total. The monoisotopic (exact) mass is 375 g/mol. The van der Waals surface area contributed by atoms with E-state index in [0.29, 0.717) is 11.2 Å². The van der Waals surface area contributed by atoms with E-state index in [1.807, 2.05) is 0 Å². The Hall–Kier alpha value is -3.27. The number of carbonyl (C=O) groups excluding carboxylic acids is 1. The fraction of sp³-hybridized carbons (Fsp3) is 0.125. The molecule has 4 rings (SSSR count). The maximum Gasteiger partial charge on any atom is 0.417 e. The molecule has 0 atom stereocenters. The highest BCUT2D eigenvalue weighted by molar-refractivity contribution is 7.92. The number of hydrogen-bond donors (Lipinski definition) is 2. The van der Waals surface area contributed by atoms with E-state index in [4.69, 9.17) is 9.15 Å². The van der Waals surface area contributed by atoms with Crippen molar-refractivity contribution in [2.24, 2.45) is 0 Å². The van der Waals surface area contributed by atoms with Crippen LogP contribution >= 0.6 is 0 Å². The number of aromatic amines is 1. The first kappa shape index (κ1) is 16.2. The Labute approximate surface area is 147 Å². The zero-order valence-corrected chi connectivity index (χ0v) is 14.3. The zero-order valence-electron chi connectivity index (χ0n) is 13.5. The predicted octanol–water partition coefficient (Wildman–Crippen LogP) is 1.28. The predicted molar refractivity (Wildman–Crippen MR) is 93.0 cm³/mol. The molecule has 0 saturated carbocycles. The lowest BCUT2D eigenvalue weighted by molar-refractivity contribution is -0.120. The molecule has 0 unspecified atom stereocenters. The Morgan fingerprint density at radius 1 is 1.19 bits per heavy atom. The lowest BCUT2D eigenvalue weighted by Gasteiger charge is -2.27. The highest BCUT2D eigenvalue weighted by atomic mass is 32.2. The summed E-state index contributed by atoms with van der Waals surface area (Å²) in [6.45, 7) is -0.178. The summed E-state index contributed by atoms with van der Waals surface area (Å²) >= 11 is 0. The van der Waals surface area contributed by atoms with E-state index in [0.717, 1.165) is 0 Å². The number of aromatic nitrogens is 1. The standard InChI is InChI=1S/C16H13N3O6S/c1-19-12-4-2-3-11(15(12)24-8-14(19)20)18-26(22,23)9-5-6-10-13(7-9)25-16(21)17-10/h2-7,18H,8H2,1H3,(H,17,21). The van der Waals surface area contributed by atoms with Crippen molar-refractivity contribution in [2.45, 2.75) is 4.90 Å². The second kappa shape index (κ2) is 5.63. The minimum absolute atomic E-state index is 0.0782. The van der Waals surface area contributed by atoms with E-state index in [-0.39, 0.29) is 34.4 Å². The van der Waals surface area contributed by atoms with Crippen LogP contribution in [0.15, 0.2) is 50.5 Å². The number of fused-ring (bicyclic) bond motifs is 2. The first-order chi connectivity index (χ1) is 12.3. The quantitative estimate of drug-likeness (QED) is 0.711. The van der Waals surface area contributed by atoms with Gasteiger partial charge in [0.15, 0.2) is 17.9 Å². The lowest BCUT2D eigenvalue weighted by Crippen LogP contribution is -2.35. The summed E-state index contributed by atoms with van der Waals surface area (Å²) in [5.74, 6) is -0.626. The number of benzene rings is 2. The van der Waals surface area contributed by atoms with E-state index in [1.165, 1.54) is 29.2 Å². The number of ether oxygens (including phenoxy) is 1. The molecule has 0 spiro atoms. The van der Waals surface area contributed by atoms with Crippen molar-refractivity contribution in [1.29, 1.82) is 0 Å². The van der Waals surface area contributed by atoms with Crippen molar-refractivity contribution >= 4 is 38.4 Å². The fourth-order valence-corrected chi connectivity index (χ4v) is 3.76. The summed E-state index contributed by atoms with van der Waals surface area (Å²) in [7, 11) is -2.38. The van der Waals surface area contributed by atoms with Gasteiger partial charge in [0.1, 0.15) is 0 Å². The van der Waals surface area contributed by atoms with E-state index in [9.17, 15) is 18.0 Å². The normalized spacial score (nSPS) is 14.2. The maximum absolute atomic E-state index is 12.7. The Morgan fingerprint density at radius 2 is 2.00 bits per heavy atom. The highest BCUT2D eigenvalue weighted by Gasteiger charge is 2.26. The third-order valence-electron chi connectivity index (χ3n) is 4.02. The van der Waals surface area contributed by atoms with Crippen LogP contribution in [0.4, 0.5) is 11.4 Å². The average Bonchev–Trinajstić information content (AvgIpc) is 2.97. The van der Waals surface area contributed by atoms with Gasteiger partial charge >= 0.3 is 5.76 Å². The third-order valence-corrected chi connectivity index (χ3v) is 5.38. The molecule has 3 aromatic rings. The number of likely N-dealkylation sites (N-methyl/N-ethyl adjacent to an activating group) is 1. The van der Waals surface area contributed by atoms with Gasteiger partial charge in [-0.3, -0.25) is 14.5 Å². The second-order valence-electron chi connectivity index (χ2n) is 5.67. The number of hydrogen-bond acceptors (Lipinski definition) is 6. The van der Waals surface area contributed by atoms with Crippen molar-refractivity contribution < 1.29 is 22.4 Å². The van der Waals surface area contributed by atoms with Crippen LogP contribution in [-0.2, 0) is 14.8 Å². The summed E-state index contributed by atoms with van der Waals surface area (Å²) < 4.78 is 38.2. The summed E-state index contributed by atoms with van der Waals surface area (Å²) in [4.78, 5) is 26.7. The van der Waals surface area contributed by atoms with Crippen LogP contribution < -0.4 is 20.1 Å². The summed E-state index contributed by atoms with van der Waals surface area (Å²) in [6.07, 6.45) is 0. The molecule has 2 aromatic carbocycles. The second-order valence-corrected chi connectivity index (χ2v) is 7.36. The van der Waals surface area contributed by atoms with Gasteiger partial charge in [0.2, 0.25) is 0 Å². The fourth-order valence-electron chi connectivity index (χ4n) is 2.68. The number of anilines is 2. The molecule has 1 amide bonds. The smallest absolute Gasteiger partial charge is 0.417 e. The van der Waals surface area contributed by atoms with Crippen LogP contribution in [0.5, 0.6) is 5.75 Å². The molecule has 0 bridgehead atoms. The molecule has 1 aliphatic heterocycles. The number of para-hydroxylation sites is 1. The van der Waals surface area contributed by atoms with E-state index in [2.05, 4.69) is 9.71 Å². The number of nitrogens with zero attached hydrogens (tertiary/aromatic N) is 1. The molecule has 9 nitrogen and oxygen atoms in total. The number of nitrogens with one attached hydrogen (secondary N) is 2. The van der Waals surface area contributed by atoms with Gasteiger partial charge in [-0.25, -0.2) is 13.2 Å². The number of sulfonamides is 1. The Balaban J connectivity index is 1.74. The molecule has 0 aliphatic carbocycles. The minimum atomic E-state index is -3.97. The summed E-state index contributed by atoms with van der Waals surface area (Å²) in [6, 6.07) is 8.85. The van der Waals surface area contributed by atoms with Crippen LogP contribution in [-0.4, -0.2) is 33.0 Å². The number of oxazole rings is 1. The van der Waals surface area contributed by atoms with Gasteiger partial charge in [-0.1, -0.05) is 6.07 Å². The van der Waals surface area contributed by atoms with Gasteiger partial charge in [0.25, 0.3) is 15.9 Å². The Kier molecular flexibility index (Phi) is 3.51. The van der Waals surface area contributed by atoms with E-state index >= 15 is 0 Å². The van der Waals surface area contributed by atoms with Gasteiger partial charge in [-0.05, 0) is 24.3 Å². The maximum atomic E-state index is 12.7. The SMILES string of the molecule is CN1C(=O)COc2c(NS(=O)(=O)c3ccc4[nH]c(=O)oc4c3)cccc21.